The van der Waals surface area contributed by atoms with Crippen LogP contribution in [0.2, 0.25) is 0 Å². The van der Waals surface area contributed by atoms with Gasteiger partial charge in [0.1, 0.15) is 12.1 Å². The normalized spacial score (nSPS) is 13.5. The molecule has 0 saturated heterocycles. The number of hydrogen-bond acceptors (Lipinski definition) is 3. The number of nitrogens with zero attached hydrogens (tertiary/aromatic N) is 4. The molecule has 0 aliphatic carbocycles. The number of rotatable bonds is 3. The predicted molar refractivity (Wildman–Crippen MR) is 104 cm³/mol. The van der Waals surface area contributed by atoms with E-state index in [4.69, 9.17) is 0 Å². The highest BCUT2D eigenvalue weighted by molar-refractivity contribution is 5.99. The molecule has 0 radical (unpaired) electrons. The van der Waals surface area contributed by atoms with E-state index >= 15 is 0 Å². The average Bonchev–Trinajstić information content (AvgIpc) is 3.38. The first kappa shape index (κ1) is 16.7. The fraction of sp³-hybridized carbons (Fsp3) is 0.190. The second kappa shape index (κ2) is 6.02. The zero-order valence-electron chi connectivity index (χ0n) is 15.5. The Morgan fingerprint density at radius 3 is 2.86 bits per heavy atom. The van der Waals surface area contributed by atoms with Crippen LogP contribution in [0.15, 0.2) is 42.9 Å². The molecule has 0 atom stereocenters. The lowest BCUT2D eigenvalue weighted by Crippen LogP contribution is -2.23. The lowest BCUT2D eigenvalue weighted by atomic mass is 10.1. The summed E-state index contributed by atoms with van der Waals surface area (Å²) in [7, 11) is 0. The van der Waals surface area contributed by atoms with Gasteiger partial charge < -0.3 is 4.90 Å². The zero-order chi connectivity index (χ0) is 19.4. The number of imidazole rings is 1. The van der Waals surface area contributed by atoms with Gasteiger partial charge >= 0.3 is 0 Å². The van der Waals surface area contributed by atoms with Crippen LogP contribution < -0.4 is 0 Å². The van der Waals surface area contributed by atoms with Gasteiger partial charge in [0.15, 0.2) is 0 Å². The van der Waals surface area contributed by atoms with Crippen molar-refractivity contribution in [2.45, 2.75) is 20.4 Å². The van der Waals surface area contributed by atoms with Crippen molar-refractivity contribution in [3.05, 3.63) is 65.5 Å². The van der Waals surface area contributed by atoms with E-state index in [1.807, 2.05) is 48.9 Å². The Balaban J connectivity index is 1.60. The van der Waals surface area contributed by atoms with Crippen molar-refractivity contribution >= 4 is 16.9 Å². The molecule has 6 nitrogen and oxygen atoms in total. The summed E-state index contributed by atoms with van der Waals surface area (Å²) >= 11 is 0. The minimum Gasteiger partial charge on any atom is -0.334 e. The highest BCUT2D eigenvalue weighted by Gasteiger charge is 2.30. The van der Waals surface area contributed by atoms with Crippen LogP contribution in [0, 0.1) is 12.7 Å². The molecule has 2 aromatic carbocycles. The third-order valence-electron chi connectivity index (χ3n) is 5.37. The first-order valence-corrected chi connectivity index (χ1v) is 9.16. The van der Waals surface area contributed by atoms with Crippen LogP contribution in [0.1, 0.15) is 28.5 Å². The molecule has 2 aromatic heterocycles. The molecule has 5 rings (SSSR count). The number of halogens is 1. The van der Waals surface area contributed by atoms with E-state index in [0.717, 1.165) is 27.9 Å². The lowest BCUT2D eigenvalue weighted by Gasteiger charge is -2.10. The molecular formula is C21H18FN5O. The maximum atomic E-state index is 14.7. The minimum atomic E-state index is -0.485. The third kappa shape index (κ3) is 2.36. The molecule has 1 aliphatic rings. The Morgan fingerprint density at radius 2 is 2.11 bits per heavy atom. The van der Waals surface area contributed by atoms with Crippen molar-refractivity contribution in [3.63, 3.8) is 0 Å². The Morgan fingerprint density at radius 1 is 1.25 bits per heavy atom. The standard InChI is InChI=1S/C21H18FN5O/c1-3-26-10-14-6-15(8-17(22)20(14)21(26)28)27-11-23-18-7-13(4-5-19(18)27)16-9-24-25-12(16)2/h4-9,11H,3,10H2,1-2H3,(H,24,25). The number of amides is 1. The number of benzene rings is 2. The molecule has 28 heavy (non-hydrogen) atoms. The van der Waals surface area contributed by atoms with Gasteiger partial charge in [-0.15, -0.1) is 0 Å². The molecule has 1 amide bonds. The van der Waals surface area contributed by atoms with Crippen molar-refractivity contribution in [1.29, 1.82) is 0 Å². The van der Waals surface area contributed by atoms with E-state index in [2.05, 4.69) is 15.2 Å². The Bertz CT molecular complexity index is 1240. The van der Waals surface area contributed by atoms with Crippen LogP contribution in [0.3, 0.4) is 0 Å². The van der Waals surface area contributed by atoms with Crippen molar-refractivity contribution < 1.29 is 9.18 Å². The molecule has 7 heteroatoms. The van der Waals surface area contributed by atoms with E-state index in [9.17, 15) is 9.18 Å². The SMILES string of the molecule is CCN1Cc2cc(-n3cnc4cc(-c5c[nH]nc5C)ccc43)cc(F)c2C1=O. The summed E-state index contributed by atoms with van der Waals surface area (Å²) in [6.07, 6.45) is 3.55. The van der Waals surface area contributed by atoms with Crippen molar-refractivity contribution in [2.75, 3.05) is 6.54 Å². The van der Waals surface area contributed by atoms with Gasteiger partial charge in [-0.25, -0.2) is 9.37 Å². The summed E-state index contributed by atoms with van der Waals surface area (Å²) in [6, 6.07) is 9.26. The zero-order valence-corrected chi connectivity index (χ0v) is 15.5. The highest BCUT2D eigenvalue weighted by atomic mass is 19.1. The fourth-order valence-electron chi connectivity index (χ4n) is 3.88. The Kier molecular flexibility index (Phi) is 3.58. The highest BCUT2D eigenvalue weighted by Crippen LogP contribution is 2.30. The molecule has 0 saturated carbocycles. The molecular weight excluding hydrogens is 357 g/mol. The van der Waals surface area contributed by atoms with Gasteiger partial charge in [0.05, 0.1) is 28.0 Å². The number of fused-ring (bicyclic) bond motifs is 2. The number of H-pyrrole nitrogens is 1. The number of aromatic amines is 1. The van der Waals surface area contributed by atoms with E-state index < -0.39 is 5.82 Å². The topological polar surface area (TPSA) is 66.8 Å². The Hall–Kier alpha value is -3.48. The number of aromatic nitrogens is 4. The van der Waals surface area contributed by atoms with Crippen LogP contribution in [0.25, 0.3) is 27.8 Å². The van der Waals surface area contributed by atoms with Crippen LogP contribution in [0.4, 0.5) is 4.39 Å². The molecule has 0 unspecified atom stereocenters. The van der Waals surface area contributed by atoms with E-state index in [-0.39, 0.29) is 11.5 Å². The minimum absolute atomic E-state index is 0.188. The van der Waals surface area contributed by atoms with Gasteiger partial charge in [0, 0.05) is 24.8 Å². The van der Waals surface area contributed by atoms with Gasteiger partial charge in [0.25, 0.3) is 5.91 Å². The number of carbonyl (C=O) groups excluding carboxylic acids is 1. The summed E-state index contributed by atoms with van der Waals surface area (Å²) in [6.45, 7) is 4.84. The maximum absolute atomic E-state index is 14.7. The van der Waals surface area contributed by atoms with E-state index in [1.54, 1.807) is 11.2 Å². The second-order valence-corrected chi connectivity index (χ2v) is 6.98. The summed E-state index contributed by atoms with van der Waals surface area (Å²) < 4.78 is 16.6. The van der Waals surface area contributed by atoms with E-state index in [1.165, 1.54) is 6.07 Å². The quantitative estimate of drug-likeness (QED) is 0.592. The number of aryl methyl sites for hydroxylation is 1. The second-order valence-electron chi connectivity index (χ2n) is 6.98. The number of nitrogens with one attached hydrogen (secondary N) is 1. The monoisotopic (exact) mass is 375 g/mol. The summed E-state index contributed by atoms with van der Waals surface area (Å²) in [5.74, 6) is -0.724. The maximum Gasteiger partial charge on any atom is 0.257 e. The van der Waals surface area contributed by atoms with Crippen molar-refractivity contribution in [3.8, 4) is 16.8 Å². The largest absolute Gasteiger partial charge is 0.334 e. The molecule has 3 heterocycles. The summed E-state index contributed by atoms with van der Waals surface area (Å²) in [5.41, 5.74) is 6.22. The summed E-state index contributed by atoms with van der Waals surface area (Å²) in [4.78, 5) is 18.4. The van der Waals surface area contributed by atoms with Gasteiger partial charge in [0.2, 0.25) is 0 Å². The van der Waals surface area contributed by atoms with Gasteiger partial charge in [-0.05, 0) is 49.2 Å². The first-order valence-electron chi connectivity index (χ1n) is 9.16. The Labute approximate surface area is 160 Å². The molecule has 140 valence electrons. The van der Waals surface area contributed by atoms with Crippen molar-refractivity contribution in [2.24, 2.45) is 0 Å². The molecule has 1 N–H and O–H groups in total. The van der Waals surface area contributed by atoms with Crippen LogP contribution in [-0.4, -0.2) is 37.1 Å². The smallest absolute Gasteiger partial charge is 0.257 e. The molecule has 0 fully saturated rings. The van der Waals surface area contributed by atoms with E-state index in [0.29, 0.717) is 24.3 Å². The summed E-state index contributed by atoms with van der Waals surface area (Å²) in [5, 5.41) is 7.03. The molecule has 4 aromatic rings. The number of hydrogen-bond donors (Lipinski definition) is 1. The van der Waals surface area contributed by atoms with Crippen LogP contribution in [-0.2, 0) is 6.54 Å². The predicted octanol–water partition coefficient (Wildman–Crippen LogP) is 3.84. The fourth-order valence-corrected chi connectivity index (χ4v) is 3.88. The van der Waals surface area contributed by atoms with Crippen LogP contribution >= 0.6 is 0 Å². The molecule has 0 bridgehead atoms. The van der Waals surface area contributed by atoms with Gasteiger partial charge in [-0.2, -0.15) is 5.10 Å². The average molecular weight is 375 g/mol. The van der Waals surface area contributed by atoms with Crippen molar-refractivity contribution in [1.82, 2.24) is 24.6 Å². The molecule has 1 aliphatic heterocycles. The molecule has 0 spiro atoms. The van der Waals surface area contributed by atoms with Crippen LogP contribution in [0.5, 0.6) is 0 Å². The third-order valence-corrected chi connectivity index (χ3v) is 5.37. The lowest BCUT2D eigenvalue weighted by molar-refractivity contribution is 0.0784. The van der Waals surface area contributed by atoms with Gasteiger partial charge in [-0.1, -0.05) is 6.07 Å². The number of carbonyl (C=O) groups is 1. The first-order chi connectivity index (χ1) is 13.6. The van der Waals surface area contributed by atoms with Gasteiger partial charge in [-0.3, -0.25) is 14.5 Å².